The molecule has 3 heterocycles. The van der Waals surface area contributed by atoms with Crippen molar-refractivity contribution in [2.24, 2.45) is 0 Å². The third-order valence-corrected chi connectivity index (χ3v) is 6.17. The summed E-state index contributed by atoms with van der Waals surface area (Å²) in [4.78, 5) is 38.0. The zero-order valence-electron chi connectivity index (χ0n) is 18.0. The molecule has 0 saturated carbocycles. The van der Waals surface area contributed by atoms with E-state index < -0.39 is 0 Å². The van der Waals surface area contributed by atoms with Crippen molar-refractivity contribution in [3.8, 4) is 0 Å². The van der Waals surface area contributed by atoms with E-state index >= 15 is 0 Å². The summed E-state index contributed by atoms with van der Waals surface area (Å²) in [5, 5.41) is 3.19. The lowest BCUT2D eigenvalue weighted by Crippen LogP contribution is -2.40. The lowest BCUT2D eigenvalue weighted by Gasteiger charge is -2.33. The zero-order chi connectivity index (χ0) is 22.0. The van der Waals surface area contributed by atoms with Crippen LogP contribution in [0, 0.1) is 5.82 Å². The molecule has 164 valence electrons. The second kappa shape index (κ2) is 8.99. The minimum atomic E-state index is -0.307. The van der Waals surface area contributed by atoms with E-state index in [0.717, 1.165) is 47.8 Å². The van der Waals surface area contributed by atoms with Gasteiger partial charge in [0.25, 0.3) is 0 Å². The second-order valence-corrected chi connectivity index (χ2v) is 8.28. The van der Waals surface area contributed by atoms with Crippen LogP contribution in [0.25, 0.3) is 0 Å². The Morgan fingerprint density at radius 3 is 2.65 bits per heavy atom. The van der Waals surface area contributed by atoms with Gasteiger partial charge in [0.05, 0.1) is 18.7 Å². The highest BCUT2D eigenvalue weighted by Crippen LogP contribution is 2.30. The van der Waals surface area contributed by atoms with E-state index in [0.29, 0.717) is 26.1 Å². The van der Waals surface area contributed by atoms with Gasteiger partial charge in [-0.05, 0) is 37.0 Å². The first-order valence-corrected chi connectivity index (χ1v) is 10.8. The zero-order valence-corrected chi connectivity index (χ0v) is 18.0. The molecule has 2 aliphatic heterocycles. The number of nitrogens with zero attached hydrogens (tertiary/aromatic N) is 4. The Morgan fingerprint density at radius 2 is 1.94 bits per heavy atom. The molecule has 0 spiro atoms. The van der Waals surface area contributed by atoms with Crippen molar-refractivity contribution in [1.82, 2.24) is 19.8 Å². The van der Waals surface area contributed by atoms with Gasteiger partial charge in [-0.15, -0.1) is 0 Å². The maximum Gasteiger partial charge on any atom is 0.227 e. The van der Waals surface area contributed by atoms with Crippen LogP contribution in [0.5, 0.6) is 0 Å². The van der Waals surface area contributed by atoms with Crippen LogP contribution in [0.1, 0.15) is 48.3 Å². The Labute approximate surface area is 181 Å². The van der Waals surface area contributed by atoms with Gasteiger partial charge in [-0.3, -0.25) is 9.59 Å². The number of nitrogens with one attached hydrogen (secondary N) is 1. The van der Waals surface area contributed by atoms with Gasteiger partial charge in [0.1, 0.15) is 17.5 Å². The molecule has 31 heavy (non-hydrogen) atoms. The molecule has 0 aliphatic carbocycles. The highest BCUT2D eigenvalue weighted by molar-refractivity contribution is 5.79. The normalized spacial score (nSPS) is 18.5. The Morgan fingerprint density at radius 1 is 1.16 bits per heavy atom. The highest BCUT2D eigenvalue weighted by Gasteiger charge is 2.29. The van der Waals surface area contributed by atoms with Crippen molar-refractivity contribution in [1.29, 1.82) is 0 Å². The van der Waals surface area contributed by atoms with Gasteiger partial charge < -0.3 is 15.1 Å². The van der Waals surface area contributed by atoms with Gasteiger partial charge in [-0.2, -0.15) is 0 Å². The maximum absolute atomic E-state index is 13.1. The predicted molar refractivity (Wildman–Crippen MR) is 115 cm³/mol. The summed E-state index contributed by atoms with van der Waals surface area (Å²) in [5.41, 5.74) is 2.72. The van der Waals surface area contributed by atoms with Crippen LogP contribution in [-0.2, 0) is 29.0 Å². The van der Waals surface area contributed by atoms with Crippen molar-refractivity contribution in [3.63, 3.8) is 0 Å². The molecule has 4 rings (SSSR count). The lowest BCUT2D eigenvalue weighted by atomic mass is 9.96. The smallest absolute Gasteiger partial charge is 0.227 e. The van der Waals surface area contributed by atoms with E-state index in [4.69, 9.17) is 9.97 Å². The predicted octanol–water partition coefficient (Wildman–Crippen LogP) is 2.51. The first-order chi connectivity index (χ1) is 14.9. The molecule has 2 amide bonds. The van der Waals surface area contributed by atoms with E-state index in [1.807, 2.05) is 16.8 Å². The molecule has 1 aromatic carbocycles. The molecule has 1 N–H and O–H groups in total. The van der Waals surface area contributed by atoms with E-state index in [1.54, 1.807) is 19.1 Å². The number of likely N-dealkylation sites (tertiary alicyclic amines) is 1. The van der Waals surface area contributed by atoms with Gasteiger partial charge in [0, 0.05) is 45.1 Å². The molecule has 2 aliphatic rings. The third kappa shape index (κ3) is 4.68. The number of piperidine rings is 1. The summed E-state index contributed by atoms with van der Waals surface area (Å²) in [6.45, 7) is 4.04. The quantitative estimate of drug-likeness (QED) is 0.814. The van der Waals surface area contributed by atoms with Gasteiger partial charge in [0.2, 0.25) is 11.8 Å². The van der Waals surface area contributed by atoms with E-state index in [1.165, 1.54) is 12.1 Å². The average Bonchev–Trinajstić information content (AvgIpc) is 2.79. The van der Waals surface area contributed by atoms with E-state index in [2.05, 4.69) is 5.32 Å². The van der Waals surface area contributed by atoms with Crippen LogP contribution < -0.4 is 5.32 Å². The summed E-state index contributed by atoms with van der Waals surface area (Å²) in [6, 6.07) is 6.05. The Bertz CT molecular complexity index is 979. The van der Waals surface area contributed by atoms with Crippen molar-refractivity contribution in [2.75, 3.05) is 32.0 Å². The van der Waals surface area contributed by atoms with Crippen LogP contribution in [0.3, 0.4) is 0 Å². The number of aromatic nitrogens is 2. The molecule has 1 saturated heterocycles. The molecule has 0 unspecified atom stereocenters. The Hall–Kier alpha value is -3.03. The Kier molecular flexibility index (Phi) is 6.15. The summed E-state index contributed by atoms with van der Waals surface area (Å²) in [7, 11) is 1.85. The Balaban J connectivity index is 1.53. The van der Waals surface area contributed by atoms with E-state index in [-0.39, 0.29) is 30.0 Å². The molecular formula is C23H28FN5O2. The fourth-order valence-corrected chi connectivity index (χ4v) is 4.41. The van der Waals surface area contributed by atoms with Gasteiger partial charge in [0.15, 0.2) is 0 Å². The number of hydrogen-bond donors (Lipinski definition) is 1. The molecule has 8 heteroatoms. The standard InChI is InChI=1S/C23H28FN5O2/c1-15(30)28-10-3-4-17(13-28)22-26-20-14-29(11-9-19(20)23(25-2)27-22)21(31)12-16-5-7-18(24)8-6-16/h5-8,17H,3-4,9-14H2,1-2H3,(H,25,26,27)/t17-/m0/s1. The SMILES string of the molecule is CNc1nc([C@H]2CCCN(C(C)=O)C2)nc2c1CCN(C(=O)Cc1ccc(F)cc1)C2. The summed E-state index contributed by atoms with van der Waals surface area (Å²) < 4.78 is 13.1. The second-order valence-electron chi connectivity index (χ2n) is 8.28. The fourth-order valence-electron chi connectivity index (χ4n) is 4.41. The lowest BCUT2D eigenvalue weighted by molar-refractivity contribution is -0.131. The number of carbonyl (C=O) groups is 2. The van der Waals surface area contributed by atoms with Crippen LogP contribution in [0.2, 0.25) is 0 Å². The molecule has 0 bridgehead atoms. The van der Waals surface area contributed by atoms with Crippen LogP contribution in [-0.4, -0.2) is 58.3 Å². The first kappa shape index (κ1) is 21.2. The minimum absolute atomic E-state index is 0.00356. The molecule has 7 nitrogen and oxygen atoms in total. The number of hydrogen-bond acceptors (Lipinski definition) is 5. The van der Waals surface area contributed by atoms with Gasteiger partial charge in [-0.1, -0.05) is 12.1 Å². The van der Waals surface area contributed by atoms with Crippen molar-refractivity contribution >= 4 is 17.6 Å². The number of amides is 2. The van der Waals surface area contributed by atoms with Crippen molar-refractivity contribution < 1.29 is 14.0 Å². The molecule has 1 atom stereocenters. The first-order valence-electron chi connectivity index (χ1n) is 10.8. The molecule has 2 aromatic rings. The third-order valence-electron chi connectivity index (χ3n) is 6.17. The minimum Gasteiger partial charge on any atom is -0.373 e. The summed E-state index contributed by atoms with van der Waals surface area (Å²) in [5.74, 6) is 1.42. The number of anilines is 1. The average molecular weight is 426 g/mol. The monoisotopic (exact) mass is 425 g/mol. The van der Waals surface area contributed by atoms with E-state index in [9.17, 15) is 14.0 Å². The number of benzene rings is 1. The largest absolute Gasteiger partial charge is 0.373 e. The fraction of sp³-hybridized carbons (Fsp3) is 0.478. The summed E-state index contributed by atoms with van der Waals surface area (Å²) >= 11 is 0. The highest BCUT2D eigenvalue weighted by atomic mass is 19.1. The topological polar surface area (TPSA) is 78.4 Å². The molecule has 1 aromatic heterocycles. The number of carbonyl (C=O) groups excluding carboxylic acids is 2. The van der Waals surface area contributed by atoms with Crippen LogP contribution in [0.4, 0.5) is 10.2 Å². The maximum atomic E-state index is 13.1. The van der Waals surface area contributed by atoms with Crippen molar-refractivity contribution in [3.05, 3.63) is 52.7 Å². The summed E-state index contributed by atoms with van der Waals surface area (Å²) in [6.07, 6.45) is 2.80. The number of fused-ring (bicyclic) bond motifs is 1. The number of halogens is 1. The van der Waals surface area contributed by atoms with Gasteiger partial charge in [-0.25, -0.2) is 14.4 Å². The van der Waals surface area contributed by atoms with Gasteiger partial charge >= 0.3 is 0 Å². The molecule has 0 radical (unpaired) electrons. The number of rotatable bonds is 4. The van der Waals surface area contributed by atoms with Crippen molar-refractivity contribution in [2.45, 2.75) is 45.1 Å². The molecule has 1 fully saturated rings. The van der Waals surface area contributed by atoms with Crippen LogP contribution in [0.15, 0.2) is 24.3 Å². The molecular weight excluding hydrogens is 397 g/mol. The van der Waals surface area contributed by atoms with Crippen LogP contribution >= 0.6 is 0 Å².